The van der Waals surface area contributed by atoms with Crippen molar-refractivity contribution in [2.45, 2.75) is 51.7 Å². The molecule has 0 saturated carbocycles. The van der Waals surface area contributed by atoms with Crippen molar-refractivity contribution >= 4 is 17.6 Å². The number of carbonyl (C=O) groups excluding carboxylic acids is 2. The van der Waals surface area contributed by atoms with Gasteiger partial charge in [-0.3, -0.25) is 14.5 Å². The van der Waals surface area contributed by atoms with Crippen molar-refractivity contribution in [3.8, 4) is 0 Å². The van der Waals surface area contributed by atoms with Crippen molar-refractivity contribution < 1.29 is 14.0 Å². The predicted molar refractivity (Wildman–Crippen MR) is 107 cm³/mol. The van der Waals surface area contributed by atoms with E-state index in [1.807, 2.05) is 19.9 Å². The Morgan fingerprint density at radius 3 is 2.83 bits per heavy atom. The Balaban J connectivity index is 1.45. The van der Waals surface area contributed by atoms with Crippen LogP contribution < -0.4 is 10.2 Å². The zero-order valence-corrected chi connectivity index (χ0v) is 17.2. The van der Waals surface area contributed by atoms with Crippen molar-refractivity contribution in [3.63, 3.8) is 0 Å². The highest BCUT2D eigenvalue weighted by Gasteiger charge is 2.31. The van der Waals surface area contributed by atoms with E-state index in [1.165, 1.54) is 17.3 Å². The van der Waals surface area contributed by atoms with Crippen LogP contribution >= 0.6 is 0 Å². The molecular formula is C20H24FN7O2. The van der Waals surface area contributed by atoms with Crippen molar-refractivity contribution in [2.75, 3.05) is 11.9 Å². The smallest absolute Gasteiger partial charge is 0.291 e. The summed E-state index contributed by atoms with van der Waals surface area (Å²) in [4.78, 5) is 31.1. The summed E-state index contributed by atoms with van der Waals surface area (Å²) in [5.41, 5.74) is 1.85. The van der Waals surface area contributed by atoms with Gasteiger partial charge in [-0.1, -0.05) is 6.08 Å². The molecule has 1 aliphatic heterocycles. The summed E-state index contributed by atoms with van der Waals surface area (Å²) in [6, 6.07) is 1.01. The van der Waals surface area contributed by atoms with Gasteiger partial charge < -0.3 is 5.32 Å². The van der Waals surface area contributed by atoms with Gasteiger partial charge in [-0.2, -0.15) is 5.10 Å². The second-order valence-corrected chi connectivity index (χ2v) is 7.66. The van der Waals surface area contributed by atoms with E-state index in [2.05, 4.69) is 20.5 Å². The maximum atomic E-state index is 13.2. The lowest BCUT2D eigenvalue weighted by Crippen LogP contribution is -2.47. The first-order chi connectivity index (χ1) is 14.3. The zero-order chi connectivity index (χ0) is 21.4. The number of allylic oxidation sites excluding steroid dienone is 4. The summed E-state index contributed by atoms with van der Waals surface area (Å²) < 4.78 is 16.6. The molecule has 0 aromatic carbocycles. The number of nitrogens with one attached hydrogen (secondary N) is 1. The number of hydrogen-bond acceptors (Lipinski definition) is 5. The number of anilines is 1. The third kappa shape index (κ3) is 3.77. The van der Waals surface area contributed by atoms with E-state index in [-0.39, 0.29) is 23.6 Å². The van der Waals surface area contributed by atoms with Gasteiger partial charge in [-0.15, -0.1) is 5.10 Å². The summed E-state index contributed by atoms with van der Waals surface area (Å²) in [5, 5.41) is 11.4. The molecule has 2 amide bonds. The van der Waals surface area contributed by atoms with E-state index in [4.69, 9.17) is 0 Å². The second kappa shape index (κ2) is 7.85. The number of aromatic nitrogens is 5. The molecule has 0 unspecified atom stereocenters. The monoisotopic (exact) mass is 413 g/mol. The maximum absolute atomic E-state index is 13.2. The van der Waals surface area contributed by atoms with Crippen LogP contribution in [-0.2, 0) is 11.3 Å². The molecule has 0 bridgehead atoms. The van der Waals surface area contributed by atoms with E-state index >= 15 is 0 Å². The number of rotatable bonds is 4. The normalized spacial score (nSPS) is 20.2. The minimum absolute atomic E-state index is 0.00624. The van der Waals surface area contributed by atoms with Gasteiger partial charge in [0.25, 0.3) is 11.8 Å². The van der Waals surface area contributed by atoms with Crippen molar-refractivity contribution in [1.82, 2.24) is 29.9 Å². The Kier molecular flexibility index (Phi) is 5.23. The van der Waals surface area contributed by atoms with Crippen LogP contribution in [0.3, 0.4) is 0 Å². The molecule has 2 aliphatic rings. The number of halogens is 1. The molecule has 1 N–H and O–H groups in total. The van der Waals surface area contributed by atoms with Gasteiger partial charge in [0.1, 0.15) is 24.0 Å². The number of carbonyl (C=O) groups is 2. The quantitative estimate of drug-likeness (QED) is 0.828. The van der Waals surface area contributed by atoms with Gasteiger partial charge in [-0.25, -0.2) is 18.7 Å². The first-order valence-corrected chi connectivity index (χ1v) is 9.92. The fourth-order valence-electron chi connectivity index (χ4n) is 3.76. The van der Waals surface area contributed by atoms with E-state index in [0.717, 1.165) is 11.3 Å². The maximum Gasteiger partial charge on any atom is 0.291 e. The average Bonchev–Trinajstić information content (AvgIpc) is 3.34. The van der Waals surface area contributed by atoms with Gasteiger partial charge in [0.05, 0.1) is 11.7 Å². The van der Waals surface area contributed by atoms with Gasteiger partial charge in [0.15, 0.2) is 0 Å². The standard InChI is InChI=1S/C20H24FN7O2/c1-12-10-17-26(3)20(30)16(8-9-27(17)24-12)23-19(29)18-22-11-28(25-18)13(2)14-4-6-15(21)7-5-14/h4,6,10-11,13,16H,5,7-9H2,1-3H3,(H,23,29)/t13-,16-/m0/s1. The molecule has 1 aliphatic carbocycles. The number of amides is 2. The molecule has 30 heavy (non-hydrogen) atoms. The minimum atomic E-state index is -0.692. The summed E-state index contributed by atoms with van der Waals surface area (Å²) >= 11 is 0. The van der Waals surface area contributed by atoms with E-state index in [0.29, 0.717) is 31.6 Å². The lowest BCUT2D eigenvalue weighted by Gasteiger charge is -2.20. The fraction of sp³-hybridized carbons (Fsp3) is 0.450. The highest BCUT2D eigenvalue weighted by molar-refractivity contribution is 6.00. The third-order valence-electron chi connectivity index (χ3n) is 5.56. The number of nitrogens with zero attached hydrogens (tertiary/aromatic N) is 6. The van der Waals surface area contributed by atoms with Crippen molar-refractivity contribution in [1.29, 1.82) is 0 Å². The largest absolute Gasteiger partial charge is 0.337 e. The zero-order valence-electron chi connectivity index (χ0n) is 17.2. The first kappa shape index (κ1) is 20.0. The van der Waals surface area contributed by atoms with Crippen LogP contribution in [0.15, 0.2) is 35.9 Å². The van der Waals surface area contributed by atoms with Gasteiger partial charge in [-0.05, 0) is 38.3 Å². The van der Waals surface area contributed by atoms with Crippen LogP contribution in [0.5, 0.6) is 0 Å². The van der Waals surface area contributed by atoms with Crippen molar-refractivity contribution in [2.24, 2.45) is 0 Å². The highest BCUT2D eigenvalue weighted by Crippen LogP contribution is 2.27. The van der Waals surface area contributed by atoms with Gasteiger partial charge in [0, 0.05) is 26.1 Å². The number of likely N-dealkylation sites (N-methyl/N-ethyl adjacent to an activating group) is 1. The van der Waals surface area contributed by atoms with E-state index in [1.54, 1.807) is 22.5 Å². The van der Waals surface area contributed by atoms with Crippen molar-refractivity contribution in [3.05, 3.63) is 47.5 Å². The summed E-state index contributed by atoms with van der Waals surface area (Å²) in [7, 11) is 1.67. The molecule has 2 atom stereocenters. The second-order valence-electron chi connectivity index (χ2n) is 7.66. The van der Waals surface area contributed by atoms with Crippen LogP contribution in [0.1, 0.15) is 48.5 Å². The topological polar surface area (TPSA) is 97.9 Å². The predicted octanol–water partition coefficient (Wildman–Crippen LogP) is 2.08. The number of hydrogen-bond donors (Lipinski definition) is 1. The highest BCUT2D eigenvalue weighted by atomic mass is 19.1. The lowest BCUT2D eigenvalue weighted by atomic mass is 9.98. The Labute approximate surface area is 173 Å². The lowest BCUT2D eigenvalue weighted by molar-refractivity contribution is -0.120. The summed E-state index contributed by atoms with van der Waals surface area (Å²) in [5.74, 6) is -0.160. The van der Waals surface area contributed by atoms with Crippen LogP contribution in [0, 0.1) is 6.92 Å². The molecule has 10 heteroatoms. The Hall–Kier alpha value is -3.30. The molecular weight excluding hydrogens is 389 g/mol. The van der Waals surface area contributed by atoms with E-state index in [9.17, 15) is 14.0 Å². The van der Waals surface area contributed by atoms with Crippen LogP contribution in [0.2, 0.25) is 0 Å². The van der Waals surface area contributed by atoms with Gasteiger partial charge in [0.2, 0.25) is 5.82 Å². The summed E-state index contributed by atoms with van der Waals surface area (Å²) in [6.07, 6.45) is 6.07. The minimum Gasteiger partial charge on any atom is -0.337 e. The Morgan fingerprint density at radius 2 is 2.10 bits per heavy atom. The molecule has 9 nitrogen and oxygen atoms in total. The SMILES string of the molecule is Cc1cc2n(n1)CC[C@H](NC(=O)c1ncn([C@@H](C)C3=CC=C(F)CC3)n1)C(=O)N2C. The molecule has 2 aromatic heterocycles. The molecule has 0 radical (unpaired) electrons. The number of aryl methyl sites for hydroxylation is 2. The third-order valence-corrected chi connectivity index (χ3v) is 5.56. The molecule has 0 saturated heterocycles. The first-order valence-electron chi connectivity index (χ1n) is 9.92. The average molecular weight is 413 g/mol. The Morgan fingerprint density at radius 1 is 1.30 bits per heavy atom. The molecule has 0 fully saturated rings. The Bertz CT molecular complexity index is 1050. The van der Waals surface area contributed by atoms with Crippen LogP contribution in [0.25, 0.3) is 0 Å². The van der Waals surface area contributed by atoms with Gasteiger partial charge >= 0.3 is 0 Å². The molecule has 3 heterocycles. The molecule has 4 rings (SSSR count). The van der Waals surface area contributed by atoms with Crippen LogP contribution in [0.4, 0.5) is 10.2 Å². The molecule has 2 aromatic rings. The number of fused-ring (bicyclic) bond motifs is 1. The summed E-state index contributed by atoms with van der Waals surface area (Å²) in [6.45, 7) is 4.31. The molecule has 0 spiro atoms. The fourth-order valence-corrected chi connectivity index (χ4v) is 3.76. The molecule has 158 valence electrons. The van der Waals surface area contributed by atoms with E-state index < -0.39 is 11.9 Å². The van der Waals surface area contributed by atoms with Crippen LogP contribution in [-0.4, -0.2) is 49.4 Å².